The van der Waals surface area contributed by atoms with Gasteiger partial charge in [0.15, 0.2) is 6.35 Å². The second kappa shape index (κ2) is 9.16. The van der Waals surface area contributed by atoms with Gasteiger partial charge >= 0.3 is 0 Å². The van der Waals surface area contributed by atoms with E-state index in [-0.39, 0.29) is 17.4 Å². The number of nitrogens with one attached hydrogen (secondary N) is 1. The Labute approximate surface area is 213 Å². The molecule has 1 aromatic carbocycles. The largest absolute Gasteiger partial charge is 0.497 e. The molecule has 2 saturated heterocycles. The highest BCUT2D eigenvalue weighted by Gasteiger charge is 2.55. The van der Waals surface area contributed by atoms with Crippen molar-refractivity contribution in [3.8, 4) is 11.5 Å². The minimum Gasteiger partial charge on any atom is -0.497 e. The van der Waals surface area contributed by atoms with Crippen LogP contribution in [0.25, 0.3) is 0 Å². The first-order valence-electron chi connectivity index (χ1n) is 12.9. The molecule has 8 heteroatoms. The number of likely N-dealkylation sites (N-methyl/N-ethyl adjacent to an activating group) is 1. The molecular formula is C28H38N4O4. The van der Waals surface area contributed by atoms with Gasteiger partial charge in [-0.3, -0.25) is 4.79 Å². The number of amides is 1. The fourth-order valence-corrected chi connectivity index (χ4v) is 6.64. The predicted molar refractivity (Wildman–Crippen MR) is 138 cm³/mol. The van der Waals surface area contributed by atoms with Gasteiger partial charge in [0.1, 0.15) is 17.2 Å². The zero-order valence-electron chi connectivity index (χ0n) is 22.2. The van der Waals surface area contributed by atoms with E-state index < -0.39 is 6.35 Å². The maximum atomic E-state index is 13.3. The number of hydrogen-bond acceptors (Lipinski definition) is 6. The molecular weight excluding hydrogens is 456 g/mol. The number of carbonyl (C=O) groups excluding carboxylic acids is 1. The number of aliphatic hydroxyl groups is 1. The number of carbonyl (C=O) groups is 1. The lowest BCUT2D eigenvalue weighted by Crippen LogP contribution is -2.55. The Kier molecular flexibility index (Phi) is 6.29. The maximum absolute atomic E-state index is 13.3. The number of nitrogens with zero attached hydrogens (tertiary/aromatic N) is 3. The highest BCUT2D eigenvalue weighted by atomic mass is 16.5. The summed E-state index contributed by atoms with van der Waals surface area (Å²) >= 11 is 0. The highest BCUT2D eigenvalue weighted by molar-refractivity contribution is 5.94. The lowest BCUT2D eigenvalue weighted by molar-refractivity contribution is -0.0852. The molecule has 3 aliphatic rings. The summed E-state index contributed by atoms with van der Waals surface area (Å²) in [4.78, 5) is 22.8. The molecule has 1 unspecified atom stereocenters. The standard InChI is InChI=1S/C28H38N4O4/c1-7-32-27(34)31-16-20-14-21(35-5)15-22(36-6)24(20)17(2)13-23(31)28(32)8-10-30(11-9-28)26(33)25-18(3)12-19(4)29-25/h12-15,17,27,29,34H,7-11,16H2,1-6H3/t17-,27?/m0/s1. The van der Waals surface area contributed by atoms with Gasteiger partial charge in [0.2, 0.25) is 0 Å². The van der Waals surface area contributed by atoms with Gasteiger partial charge in [-0.2, -0.15) is 0 Å². The second-order valence-corrected chi connectivity index (χ2v) is 10.3. The number of piperidine rings is 1. The van der Waals surface area contributed by atoms with Gasteiger partial charge in [-0.05, 0) is 49.9 Å². The molecule has 1 aromatic heterocycles. The van der Waals surface area contributed by atoms with Crippen molar-refractivity contribution < 1.29 is 19.4 Å². The van der Waals surface area contributed by atoms with Crippen LogP contribution in [0.1, 0.15) is 65.5 Å². The summed E-state index contributed by atoms with van der Waals surface area (Å²) in [5, 5.41) is 11.5. The van der Waals surface area contributed by atoms with E-state index in [1.54, 1.807) is 14.2 Å². The zero-order valence-corrected chi connectivity index (χ0v) is 22.2. The van der Waals surface area contributed by atoms with Crippen LogP contribution in [0.5, 0.6) is 11.5 Å². The highest BCUT2D eigenvalue weighted by Crippen LogP contribution is 2.50. The van der Waals surface area contributed by atoms with Gasteiger partial charge in [0.05, 0.1) is 19.8 Å². The molecule has 1 amide bonds. The lowest BCUT2D eigenvalue weighted by atomic mass is 9.82. The van der Waals surface area contributed by atoms with Gasteiger partial charge in [-0.1, -0.05) is 19.9 Å². The first-order chi connectivity index (χ1) is 17.2. The quantitative estimate of drug-likeness (QED) is 0.674. The van der Waals surface area contributed by atoms with E-state index >= 15 is 0 Å². The van der Waals surface area contributed by atoms with Crippen LogP contribution in [-0.4, -0.2) is 76.4 Å². The summed E-state index contributed by atoms with van der Waals surface area (Å²) in [6, 6.07) is 6.01. The average Bonchev–Trinajstić information content (AvgIpc) is 3.24. The third-order valence-electron chi connectivity index (χ3n) is 8.34. The molecule has 2 fully saturated rings. The Morgan fingerprint density at radius 3 is 2.47 bits per heavy atom. The number of rotatable bonds is 4. The molecule has 3 aliphatic heterocycles. The first-order valence-corrected chi connectivity index (χ1v) is 12.9. The van der Waals surface area contributed by atoms with E-state index in [9.17, 15) is 9.90 Å². The Morgan fingerprint density at radius 1 is 1.17 bits per heavy atom. The van der Waals surface area contributed by atoms with Crippen molar-refractivity contribution in [3.05, 3.63) is 58.1 Å². The summed E-state index contributed by atoms with van der Waals surface area (Å²) in [7, 11) is 3.35. The number of methoxy groups -OCH3 is 2. The number of aryl methyl sites for hydroxylation is 2. The van der Waals surface area contributed by atoms with Crippen molar-refractivity contribution in [1.82, 2.24) is 19.7 Å². The minimum atomic E-state index is -0.729. The van der Waals surface area contributed by atoms with Crippen LogP contribution in [0.3, 0.4) is 0 Å². The molecule has 2 atom stereocenters. The molecule has 194 valence electrons. The normalized spacial score (nSPS) is 23.2. The Morgan fingerprint density at radius 2 is 1.89 bits per heavy atom. The number of H-pyrrole nitrogens is 1. The topological polar surface area (TPSA) is 81.3 Å². The minimum absolute atomic E-state index is 0.0568. The SMILES string of the molecule is CCN1C(O)N2Cc3cc(OC)cc(OC)c3[C@@H](C)C=C2C12CCN(C(=O)c1[nH]c(C)cc1C)CC2. The average molecular weight is 495 g/mol. The zero-order chi connectivity index (χ0) is 25.8. The maximum Gasteiger partial charge on any atom is 0.270 e. The summed E-state index contributed by atoms with van der Waals surface area (Å²) in [6.45, 7) is 10.8. The number of benzene rings is 1. The molecule has 8 nitrogen and oxygen atoms in total. The van der Waals surface area contributed by atoms with Crippen molar-refractivity contribution in [1.29, 1.82) is 0 Å². The first kappa shape index (κ1) is 24.7. The molecule has 2 N–H and O–H groups in total. The second-order valence-electron chi connectivity index (χ2n) is 10.3. The fraction of sp³-hybridized carbons (Fsp3) is 0.536. The van der Waals surface area contributed by atoms with Crippen LogP contribution in [0.4, 0.5) is 0 Å². The predicted octanol–water partition coefficient (Wildman–Crippen LogP) is 3.74. The molecule has 5 rings (SSSR count). The number of ether oxygens (including phenoxy) is 2. The van der Waals surface area contributed by atoms with Gasteiger partial charge in [-0.15, -0.1) is 0 Å². The molecule has 4 heterocycles. The van der Waals surface area contributed by atoms with Crippen LogP contribution in [-0.2, 0) is 6.54 Å². The van der Waals surface area contributed by atoms with Crippen LogP contribution < -0.4 is 9.47 Å². The van der Waals surface area contributed by atoms with Gasteiger partial charge in [-0.25, -0.2) is 4.90 Å². The van der Waals surface area contributed by atoms with Gasteiger partial charge < -0.3 is 29.4 Å². The van der Waals surface area contributed by atoms with E-state index in [0.717, 1.165) is 59.0 Å². The molecule has 0 bridgehead atoms. The molecule has 1 spiro atoms. The number of aliphatic hydroxyl groups excluding tert-OH is 1. The third kappa shape index (κ3) is 3.69. The van der Waals surface area contributed by atoms with Crippen molar-refractivity contribution in [2.75, 3.05) is 33.9 Å². The number of likely N-dealkylation sites (tertiary alicyclic amines) is 1. The number of allylic oxidation sites excluding steroid dienone is 1. The smallest absolute Gasteiger partial charge is 0.270 e. The third-order valence-corrected chi connectivity index (χ3v) is 8.34. The van der Waals surface area contributed by atoms with Gasteiger partial charge in [0.25, 0.3) is 5.91 Å². The number of fused-ring (bicyclic) bond motifs is 3. The van der Waals surface area contributed by atoms with Crippen LogP contribution >= 0.6 is 0 Å². The summed E-state index contributed by atoms with van der Waals surface area (Å²) < 4.78 is 11.3. The van der Waals surface area contributed by atoms with Crippen molar-refractivity contribution in [3.63, 3.8) is 0 Å². The molecule has 2 aromatic rings. The van der Waals surface area contributed by atoms with E-state index in [1.807, 2.05) is 30.9 Å². The van der Waals surface area contributed by atoms with Crippen molar-refractivity contribution >= 4 is 5.91 Å². The summed E-state index contributed by atoms with van der Waals surface area (Å²) in [5.74, 6) is 1.72. The lowest BCUT2D eigenvalue weighted by Gasteiger charge is -2.44. The fourth-order valence-electron chi connectivity index (χ4n) is 6.64. The number of hydrogen-bond donors (Lipinski definition) is 2. The number of aromatic amines is 1. The van der Waals surface area contributed by atoms with E-state index in [4.69, 9.17) is 9.47 Å². The Bertz CT molecular complexity index is 1190. The molecule has 0 radical (unpaired) electrons. The number of aromatic nitrogens is 1. The van der Waals surface area contributed by atoms with E-state index in [1.165, 1.54) is 0 Å². The van der Waals surface area contributed by atoms with E-state index in [2.05, 4.69) is 40.8 Å². The van der Waals surface area contributed by atoms with E-state index in [0.29, 0.717) is 25.3 Å². The summed E-state index contributed by atoms with van der Waals surface area (Å²) in [5.41, 5.74) is 5.73. The van der Waals surface area contributed by atoms with Crippen LogP contribution in [0, 0.1) is 13.8 Å². The van der Waals surface area contributed by atoms with Crippen LogP contribution in [0.2, 0.25) is 0 Å². The van der Waals surface area contributed by atoms with Gasteiger partial charge in [0, 0.05) is 55.1 Å². The Hall–Kier alpha value is -2.97. The molecule has 0 aliphatic carbocycles. The monoisotopic (exact) mass is 494 g/mol. The summed E-state index contributed by atoms with van der Waals surface area (Å²) in [6.07, 6.45) is 3.12. The van der Waals surface area contributed by atoms with Crippen molar-refractivity contribution in [2.24, 2.45) is 0 Å². The van der Waals surface area contributed by atoms with Crippen molar-refractivity contribution in [2.45, 2.75) is 64.9 Å². The Balaban J connectivity index is 1.48. The molecule has 36 heavy (non-hydrogen) atoms. The van der Waals surface area contributed by atoms with Crippen LogP contribution in [0.15, 0.2) is 30.0 Å². The molecule has 0 saturated carbocycles.